The highest BCUT2D eigenvalue weighted by atomic mass is 19.4. The molecule has 144 valence electrons. The summed E-state index contributed by atoms with van der Waals surface area (Å²) < 4.78 is 77.3. The number of rotatable bonds is 2. The number of likely N-dealkylation sites (tertiary alicyclic amines) is 1. The fourth-order valence-electron chi connectivity index (χ4n) is 2.78. The first kappa shape index (κ1) is 20.1. The zero-order valence-corrected chi connectivity index (χ0v) is 13.7. The average Bonchev–Trinajstić information content (AvgIpc) is 2.52. The Hall–Kier alpha value is -2.26. The maximum Gasteiger partial charge on any atom is 0.416 e. The van der Waals surface area contributed by atoms with Crippen LogP contribution < -0.4 is 5.32 Å². The molecule has 0 unspecified atom stereocenters. The summed E-state index contributed by atoms with van der Waals surface area (Å²) in [6.45, 7) is 1.58. The molecule has 1 aromatic rings. The molecule has 0 radical (unpaired) electrons. The zero-order valence-electron chi connectivity index (χ0n) is 13.7. The number of piperidine rings is 1. The first-order valence-corrected chi connectivity index (χ1v) is 7.74. The summed E-state index contributed by atoms with van der Waals surface area (Å²) in [5.41, 5.74) is -3.71. The monoisotopic (exact) mass is 382 g/mol. The van der Waals surface area contributed by atoms with Gasteiger partial charge in [-0.25, -0.2) is 0 Å². The van der Waals surface area contributed by atoms with E-state index in [1.54, 1.807) is 0 Å². The second-order valence-electron chi connectivity index (χ2n) is 6.06. The molecule has 4 nitrogen and oxygen atoms in total. The number of hydrogen-bond donors (Lipinski definition) is 1. The Morgan fingerprint density at radius 2 is 1.42 bits per heavy atom. The summed E-state index contributed by atoms with van der Waals surface area (Å²) in [5, 5.41) is 2.66. The number of carbonyl (C=O) groups is 2. The summed E-state index contributed by atoms with van der Waals surface area (Å²) in [4.78, 5) is 24.6. The molecule has 1 saturated heterocycles. The standard InChI is InChI=1S/C16H16F6N2O2/c1-9(25)23-13-2-4-24(5-3-13)14(26)10-6-11(15(17,18)19)8-12(7-10)16(20,21)22/h6-8,13H,2-5H2,1H3,(H,23,25). The summed E-state index contributed by atoms with van der Waals surface area (Å²) in [6, 6.07) is 0.665. The van der Waals surface area contributed by atoms with Crippen LogP contribution in [0.5, 0.6) is 0 Å². The Bertz CT molecular complexity index is 659. The number of hydrogen-bond acceptors (Lipinski definition) is 2. The van der Waals surface area contributed by atoms with Gasteiger partial charge in [-0.2, -0.15) is 26.3 Å². The maximum absolute atomic E-state index is 12.9. The third kappa shape index (κ3) is 4.89. The van der Waals surface area contributed by atoms with Crippen LogP contribution >= 0.6 is 0 Å². The third-order valence-electron chi connectivity index (χ3n) is 4.02. The smallest absolute Gasteiger partial charge is 0.353 e. The summed E-state index contributed by atoms with van der Waals surface area (Å²) in [7, 11) is 0. The molecule has 10 heteroatoms. The van der Waals surface area contributed by atoms with Crippen LogP contribution in [-0.4, -0.2) is 35.8 Å². The van der Waals surface area contributed by atoms with Crippen molar-refractivity contribution in [2.45, 2.75) is 38.2 Å². The molecule has 1 heterocycles. The van der Waals surface area contributed by atoms with Gasteiger partial charge >= 0.3 is 12.4 Å². The summed E-state index contributed by atoms with van der Waals surface area (Å²) in [6.07, 6.45) is -9.27. The molecule has 0 spiro atoms. The number of amides is 2. The van der Waals surface area contributed by atoms with E-state index in [0.29, 0.717) is 25.0 Å². The van der Waals surface area contributed by atoms with E-state index in [-0.39, 0.29) is 31.1 Å². The van der Waals surface area contributed by atoms with Crippen molar-refractivity contribution in [2.24, 2.45) is 0 Å². The quantitative estimate of drug-likeness (QED) is 0.797. The molecule has 26 heavy (non-hydrogen) atoms. The van der Waals surface area contributed by atoms with Crippen LogP contribution in [0.15, 0.2) is 18.2 Å². The minimum Gasteiger partial charge on any atom is -0.353 e. The van der Waals surface area contributed by atoms with Crippen LogP contribution in [0.1, 0.15) is 41.3 Å². The number of nitrogens with one attached hydrogen (secondary N) is 1. The Balaban J connectivity index is 2.25. The minimum atomic E-state index is -5.01. The molecular weight excluding hydrogens is 366 g/mol. The Morgan fingerprint density at radius 1 is 0.962 bits per heavy atom. The lowest BCUT2D eigenvalue weighted by molar-refractivity contribution is -0.143. The Kier molecular flexibility index (Phi) is 5.52. The second-order valence-corrected chi connectivity index (χ2v) is 6.06. The highest BCUT2D eigenvalue weighted by Crippen LogP contribution is 2.36. The SMILES string of the molecule is CC(=O)NC1CCN(C(=O)c2cc(C(F)(F)F)cc(C(F)(F)F)c2)CC1. The third-order valence-corrected chi connectivity index (χ3v) is 4.02. The van der Waals surface area contributed by atoms with E-state index in [9.17, 15) is 35.9 Å². The number of halogens is 6. The van der Waals surface area contributed by atoms with Crippen LogP contribution in [-0.2, 0) is 17.1 Å². The van der Waals surface area contributed by atoms with Crippen LogP contribution in [0.3, 0.4) is 0 Å². The van der Waals surface area contributed by atoms with E-state index in [0.717, 1.165) is 0 Å². The number of nitrogens with zero attached hydrogens (tertiary/aromatic N) is 1. The second kappa shape index (κ2) is 7.16. The van der Waals surface area contributed by atoms with Gasteiger partial charge in [0.15, 0.2) is 0 Å². The van der Waals surface area contributed by atoms with E-state index >= 15 is 0 Å². The Morgan fingerprint density at radius 3 is 1.81 bits per heavy atom. The van der Waals surface area contributed by atoms with Gasteiger partial charge in [-0.3, -0.25) is 9.59 Å². The normalized spacial score (nSPS) is 16.5. The van der Waals surface area contributed by atoms with E-state index in [2.05, 4.69) is 5.32 Å². The van der Waals surface area contributed by atoms with Gasteiger partial charge in [-0.15, -0.1) is 0 Å². The number of alkyl halides is 6. The van der Waals surface area contributed by atoms with Gasteiger partial charge in [0.1, 0.15) is 0 Å². The van der Waals surface area contributed by atoms with Crippen molar-refractivity contribution in [3.05, 3.63) is 34.9 Å². The predicted octanol–water partition coefficient (Wildman–Crippen LogP) is 3.46. The highest BCUT2D eigenvalue weighted by Gasteiger charge is 2.38. The zero-order chi connectivity index (χ0) is 19.7. The van der Waals surface area contributed by atoms with Crippen molar-refractivity contribution in [1.82, 2.24) is 10.2 Å². The fraction of sp³-hybridized carbons (Fsp3) is 0.500. The predicted molar refractivity (Wildman–Crippen MR) is 79.2 cm³/mol. The van der Waals surface area contributed by atoms with Crippen molar-refractivity contribution < 1.29 is 35.9 Å². The lowest BCUT2D eigenvalue weighted by Gasteiger charge is -2.32. The molecule has 0 saturated carbocycles. The minimum absolute atomic E-state index is 0.0141. The highest BCUT2D eigenvalue weighted by molar-refractivity contribution is 5.94. The molecule has 1 fully saturated rings. The van der Waals surface area contributed by atoms with Crippen LogP contribution in [0.4, 0.5) is 26.3 Å². The lowest BCUT2D eigenvalue weighted by Crippen LogP contribution is -2.46. The summed E-state index contributed by atoms with van der Waals surface area (Å²) >= 11 is 0. The molecule has 1 aromatic carbocycles. The first-order chi connectivity index (χ1) is 11.9. The summed E-state index contributed by atoms with van der Waals surface area (Å²) in [5.74, 6) is -1.15. The van der Waals surface area contributed by atoms with Gasteiger partial charge in [-0.1, -0.05) is 0 Å². The van der Waals surface area contributed by atoms with Gasteiger partial charge in [0.05, 0.1) is 11.1 Å². The number of carbonyl (C=O) groups excluding carboxylic acids is 2. The molecule has 1 aliphatic heterocycles. The van der Waals surface area contributed by atoms with E-state index < -0.39 is 35.0 Å². The van der Waals surface area contributed by atoms with Gasteiger partial charge in [0.25, 0.3) is 5.91 Å². The first-order valence-electron chi connectivity index (χ1n) is 7.74. The van der Waals surface area contributed by atoms with Gasteiger partial charge in [-0.05, 0) is 31.0 Å². The molecule has 0 aromatic heterocycles. The van der Waals surface area contributed by atoms with Crippen molar-refractivity contribution in [3.63, 3.8) is 0 Å². The van der Waals surface area contributed by atoms with Crippen molar-refractivity contribution in [2.75, 3.05) is 13.1 Å². The largest absolute Gasteiger partial charge is 0.416 e. The molecule has 0 atom stereocenters. The van der Waals surface area contributed by atoms with Crippen LogP contribution in [0, 0.1) is 0 Å². The van der Waals surface area contributed by atoms with Crippen molar-refractivity contribution in [1.29, 1.82) is 0 Å². The molecule has 1 N–H and O–H groups in total. The van der Waals surface area contributed by atoms with Gasteiger partial charge in [0, 0.05) is 31.6 Å². The van der Waals surface area contributed by atoms with Crippen molar-refractivity contribution in [3.8, 4) is 0 Å². The average molecular weight is 382 g/mol. The molecule has 0 aliphatic carbocycles. The van der Waals surface area contributed by atoms with Crippen LogP contribution in [0.25, 0.3) is 0 Å². The fourth-order valence-corrected chi connectivity index (χ4v) is 2.78. The van der Waals surface area contributed by atoms with Crippen molar-refractivity contribution >= 4 is 11.8 Å². The topological polar surface area (TPSA) is 49.4 Å². The van der Waals surface area contributed by atoms with Crippen LogP contribution in [0.2, 0.25) is 0 Å². The number of benzene rings is 1. The lowest BCUT2D eigenvalue weighted by atomic mass is 10.0. The molecule has 2 rings (SSSR count). The Labute approximate surface area is 145 Å². The molecular formula is C16H16F6N2O2. The van der Waals surface area contributed by atoms with E-state index in [1.165, 1.54) is 11.8 Å². The van der Waals surface area contributed by atoms with Gasteiger partial charge < -0.3 is 10.2 Å². The molecule has 2 amide bonds. The molecule has 1 aliphatic rings. The van der Waals surface area contributed by atoms with E-state index in [4.69, 9.17) is 0 Å². The van der Waals surface area contributed by atoms with E-state index in [1.807, 2.05) is 0 Å². The van der Waals surface area contributed by atoms with Gasteiger partial charge in [0.2, 0.25) is 5.91 Å². The maximum atomic E-state index is 12.9. The molecule has 0 bridgehead atoms.